The zero-order valence-corrected chi connectivity index (χ0v) is 17.7. The van der Waals surface area contributed by atoms with Gasteiger partial charge in [-0.15, -0.1) is 23.7 Å². The summed E-state index contributed by atoms with van der Waals surface area (Å²) in [6, 6.07) is 7.93. The molecule has 0 atom stereocenters. The molecule has 2 aromatic rings. The molecule has 5 nitrogen and oxygen atoms in total. The third-order valence-electron chi connectivity index (χ3n) is 5.11. The summed E-state index contributed by atoms with van der Waals surface area (Å²) >= 11 is 1.77. The first kappa shape index (κ1) is 20.7. The Balaban J connectivity index is 0.00000225. The van der Waals surface area contributed by atoms with Gasteiger partial charge in [0.2, 0.25) is 0 Å². The lowest BCUT2D eigenvalue weighted by atomic mass is 9.91. The van der Waals surface area contributed by atoms with Crippen molar-refractivity contribution in [3.63, 3.8) is 0 Å². The Hall–Kier alpha value is -2.02. The number of piperidine rings is 1. The van der Waals surface area contributed by atoms with Crippen LogP contribution in [0.5, 0.6) is 11.5 Å². The van der Waals surface area contributed by atoms with Crippen LogP contribution in [0.3, 0.4) is 0 Å². The number of nitrogens with zero attached hydrogens (tertiary/aromatic N) is 1. The van der Waals surface area contributed by atoms with E-state index in [1.165, 1.54) is 28.7 Å². The molecule has 2 aliphatic heterocycles. The summed E-state index contributed by atoms with van der Waals surface area (Å²) in [7, 11) is 3.53. The standard InChI is InChI=1S/C21H23NO4S.ClH/c1-22-8-5-14(6-9-22)20-17-11-16(25-13-19(23)24-2)3-4-18(17)26-12-15-7-10-27-21(15)20;/h3-4,7,10-11H,5-6,8-9,12-13H2,1-2H3;1H. The molecule has 1 aromatic heterocycles. The second-order valence-electron chi connectivity index (χ2n) is 6.87. The predicted octanol–water partition coefficient (Wildman–Crippen LogP) is 4.14. The number of carbonyl (C=O) groups excluding carboxylic acids is 1. The largest absolute Gasteiger partial charge is 0.488 e. The van der Waals surface area contributed by atoms with Crippen molar-refractivity contribution in [1.29, 1.82) is 0 Å². The molecule has 3 heterocycles. The van der Waals surface area contributed by atoms with Gasteiger partial charge in [0.15, 0.2) is 6.61 Å². The lowest BCUT2D eigenvalue weighted by molar-refractivity contribution is -0.142. The third-order valence-corrected chi connectivity index (χ3v) is 6.08. The SMILES string of the molecule is COC(=O)COc1ccc2c(c1)C(=C1CCN(C)CC1)c1sccc1CO2.Cl. The Kier molecular flexibility index (Phi) is 6.65. The minimum absolute atomic E-state index is 0. The van der Waals surface area contributed by atoms with Gasteiger partial charge in [-0.2, -0.15) is 0 Å². The number of benzene rings is 1. The highest BCUT2D eigenvalue weighted by Gasteiger charge is 2.25. The molecule has 0 spiro atoms. The van der Waals surface area contributed by atoms with Gasteiger partial charge in [0.1, 0.15) is 18.1 Å². The van der Waals surface area contributed by atoms with Gasteiger partial charge in [-0.1, -0.05) is 5.57 Å². The molecule has 0 unspecified atom stereocenters. The maximum Gasteiger partial charge on any atom is 0.343 e. The number of fused-ring (bicyclic) bond motifs is 2. The Morgan fingerprint density at radius 3 is 2.79 bits per heavy atom. The Morgan fingerprint density at radius 1 is 1.25 bits per heavy atom. The summed E-state index contributed by atoms with van der Waals surface area (Å²) in [5.41, 5.74) is 5.03. The van der Waals surface area contributed by atoms with E-state index in [2.05, 4.69) is 28.1 Å². The van der Waals surface area contributed by atoms with Crippen LogP contribution in [0.25, 0.3) is 5.57 Å². The fourth-order valence-corrected chi connectivity index (χ4v) is 4.58. The average molecular weight is 422 g/mol. The van der Waals surface area contributed by atoms with Crippen molar-refractivity contribution in [1.82, 2.24) is 4.90 Å². The molecule has 0 bridgehead atoms. The molecule has 150 valence electrons. The molecule has 0 aliphatic carbocycles. The predicted molar refractivity (Wildman–Crippen MR) is 113 cm³/mol. The fraction of sp³-hybridized carbons (Fsp3) is 0.381. The van der Waals surface area contributed by atoms with Crippen molar-refractivity contribution in [3.8, 4) is 11.5 Å². The number of hydrogen-bond donors (Lipinski definition) is 0. The van der Waals surface area contributed by atoms with Crippen LogP contribution in [0.4, 0.5) is 0 Å². The summed E-state index contributed by atoms with van der Waals surface area (Å²) in [6.45, 7) is 2.60. The summed E-state index contributed by atoms with van der Waals surface area (Å²) in [5.74, 6) is 1.12. The van der Waals surface area contributed by atoms with E-state index in [1.54, 1.807) is 11.3 Å². The molecule has 0 saturated carbocycles. The molecule has 1 fully saturated rings. The van der Waals surface area contributed by atoms with E-state index in [4.69, 9.17) is 9.47 Å². The average Bonchev–Trinajstić information content (AvgIpc) is 3.09. The first-order valence-electron chi connectivity index (χ1n) is 9.10. The van der Waals surface area contributed by atoms with Gasteiger partial charge in [-0.25, -0.2) is 4.79 Å². The highest BCUT2D eigenvalue weighted by Crippen LogP contribution is 2.44. The van der Waals surface area contributed by atoms with Crippen LogP contribution >= 0.6 is 23.7 Å². The van der Waals surface area contributed by atoms with Crippen molar-refractivity contribution in [2.75, 3.05) is 33.9 Å². The Bertz CT molecular complexity index is 882. The molecule has 28 heavy (non-hydrogen) atoms. The lowest BCUT2D eigenvalue weighted by Crippen LogP contribution is -2.26. The van der Waals surface area contributed by atoms with Crippen LogP contribution in [0.1, 0.15) is 28.8 Å². The van der Waals surface area contributed by atoms with Gasteiger partial charge in [0, 0.05) is 34.7 Å². The van der Waals surface area contributed by atoms with Gasteiger partial charge >= 0.3 is 5.97 Å². The Morgan fingerprint density at radius 2 is 2.04 bits per heavy atom. The van der Waals surface area contributed by atoms with Gasteiger partial charge in [0.25, 0.3) is 0 Å². The van der Waals surface area contributed by atoms with Crippen molar-refractivity contribution in [3.05, 3.63) is 51.2 Å². The number of rotatable bonds is 3. The van der Waals surface area contributed by atoms with E-state index in [1.807, 2.05) is 18.2 Å². The zero-order valence-electron chi connectivity index (χ0n) is 16.0. The minimum Gasteiger partial charge on any atom is -0.488 e. The van der Waals surface area contributed by atoms with Gasteiger partial charge in [-0.3, -0.25) is 0 Å². The highest BCUT2D eigenvalue weighted by molar-refractivity contribution is 7.11. The van der Waals surface area contributed by atoms with E-state index in [9.17, 15) is 4.79 Å². The monoisotopic (exact) mass is 421 g/mol. The van der Waals surface area contributed by atoms with Crippen molar-refractivity contribution in [2.45, 2.75) is 19.4 Å². The van der Waals surface area contributed by atoms with E-state index >= 15 is 0 Å². The van der Waals surface area contributed by atoms with Crippen molar-refractivity contribution in [2.24, 2.45) is 0 Å². The van der Waals surface area contributed by atoms with Crippen LogP contribution in [-0.4, -0.2) is 44.7 Å². The van der Waals surface area contributed by atoms with E-state index in [0.717, 1.165) is 37.2 Å². The molecule has 1 aromatic carbocycles. The van der Waals surface area contributed by atoms with Gasteiger partial charge < -0.3 is 19.1 Å². The molecular formula is C21H24ClNO4S. The smallest absolute Gasteiger partial charge is 0.343 e. The molecule has 0 radical (unpaired) electrons. The van der Waals surface area contributed by atoms with Crippen molar-refractivity contribution < 1.29 is 19.0 Å². The number of halogens is 1. The normalized spacial score (nSPS) is 16.2. The summed E-state index contributed by atoms with van der Waals surface area (Å²) in [5, 5.41) is 2.13. The van der Waals surface area contributed by atoms with Gasteiger partial charge in [0.05, 0.1) is 7.11 Å². The zero-order chi connectivity index (χ0) is 18.8. The number of likely N-dealkylation sites (tertiary alicyclic amines) is 1. The number of thiophene rings is 1. The molecular weight excluding hydrogens is 398 g/mol. The van der Waals surface area contributed by atoms with Crippen LogP contribution in [0.15, 0.2) is 35.2 Å². The maximum absolute atomic E-state index is 11.4. The summed E-state index contributed by atoms with van der Waals surface area (Å²) < 4.78 is 16.4. The highest BCUT2D eigenvalue weighted by atomic mass is 35.5. The second kappa shape index (κ2) is 8.99. The molecule has 7 heteroatoms. The number of carbonyl (C=O) groups is 1. The quantitative estimate of drug-likeness (QED) is 0.697. The van der Waals surface area contributed by atoms with E-state index in [-0.39, 0.29) is 19.0 Å². The van der Waals surface area contributed by atoms with Crippen LogP contribution in [0, 0.1) is 0 Å². The summed E-state index contributed by atoms with van der Waals surface area (Å²) in [4.78, 5) is 15.1. The van der Waals surface area contributed by atoms with E-state index < -0.39 is 5.97 Å². The molecule has 2 aliphatic rings. The number of ether oxygens (including phenoxy) is 3. The van der Waals surface area contributed by atoms with Crippen LogP contribution in [-0.2, 0) is 16.1 Å². The fourth-order valence-electron chi connectivity index (χ4n) is 3.56. The number of hydrogen-bond acceptors (Lipinski definition) is 6. The van der Waals surface area contributed by atoms with Crippen molar-refractivity contribution >= 4 is 35.3 Å². The number of esters is 1. The summed E-state index contributed by atoms with van der Waals surface area (Å²) in [6.07, 6.45) is 2.10. The molecule has 1 saturated heterocycles. The minimum atomic E-state index is -0.393. The maximum atomic E-state index is 11.4. The lowest BCUT2D eigenvalue weighted by Gasteiger charge is -2.26. The van der Waals surface area contributed by atoms with E-state index in [0.29, 0.717) is 12.4 Å². The topological polar surface area (TPSA) is 48.0 Å². The molecule has 4 rings (SSSR count). The number of methoxy groups -OCH3 is 1. The molecule has 0 N–H and O–H groups in total. The Labute approximate surface area is 175 Å². The second-order valence-corrected chi connectivity index (χ2v) is 7.78. The van der Waals surface area contributed by atoms with Crippen LogP contribution < -0.4 is 9.47 Å². The van der Waals surface area contributed by atoms with Crippen LogP contribution in [0.2, 0.25) is 0 Å². The first-order valence-corrected chi connectivity index (χ1v) is 9.98. The third kappa shape index (κ3) is 4.19. The van der Waals surface area contributed by atoms with Gasteiger partial charge in [-0.05, 0) is 49.5 Å². The molecule has 0 amide bonds. The first-order chi connectivity index (χ1) is 13.2.